The molecule has 3 heterocycles. The lowest BCUT2D eigenvalue weighted by Gasteiger charge is -2.18. The van der Waals surface area contributed by atoms with Crippen LogP contribution in [0.15, 0.2) is 12.7 Å². The molecule has 6 atom stereocenters. The molecular weight excluding hydrogens is 507 g/mol. The zero-order chi connectivity index (χ0) is 23.2. The van der Waals surface area contributed by atoms with Gasteiger partial charge in [-0.05, 0) is 0 Å². The summed E-state index contributed by atoms with van der Waals surface area (Å²) < 4.78 is 49.0. The van der Waals surface area contributed by atoms with Crippen molar-refractivity contribution in [2.24, 2.45) is 0 Å². The van der Waals surface area contributed by atoms with Crippen molar-refractivity contribution in [2.75, 3.05) is 12.3 Å². The Morgan fingerprint density at radius 2 is 1.77 bits per heavy atom. The molecule has 0 spiro atoms. The van der Waals surface area contributed by atoms with Crippen LogP contribution < -0.4 is 5.73 Å². The van der Waals surface area contributed by atoms with Crippen molar-refractivity contribution < 1.29 is 57.1 Å². The predicted molar refractivity (Wildman–Crippen MR) is 102 cm³/mol. The number of nitrogen functional groups attached to an aromatic ring is 1. The van der Waals surface area contributed by atoms with Crippen molar-refractivity contribution in [1.82, 2.24) is 19.5 Å². The number of rotatable bonds is 8. The molecule has 0 radical (unpaired) electrons. The number of imidazole rings is 1. The molecule has 17 nitrogen and oxygen atoms in total. The molecule has 4 unspecified atom stereocenters. The summed E-state index contributed by atoms with van der Waals surface area (Å²) in [7, 11) is -5.44. The van der Waals surface area contributed by atoms with E-state index in [9.17, 15) is 33.7 Å². The topological polar surface area (TPSA) is 270 Å². The van der Waals surface area contributed by atoms with Crippen LogP contribution in [0.2, 0.25) is 0 Å². The smallest absolute Gasteiger partial charge is 0.387 e. The molecule has 1 aliphatic rings. The SMILES string of the molecule is Nc1ncnc2c1ncn2[C@@H]1O[C@H](COP(=O)(O)SP(=O)(O)OP(=O)(O)O)C(O)C1O. The Morgan fingerprint density at radius 3 is 2.42 bits per heavy atom. The van der Waals surface area contributed by atoms with Crippen LogP contribution in [0.25, 0.3) is 11.2 Å². The van der Waals surface area contributed by atoms with Gasteiger partial charge in [-0.15, -0.1) is 0 Å². The summed E-state index contributed by atoms with van der Waals surface area (Å²) in [5, 5.41) is 20.5. The number of ether oxygens (including phenoxy) is 1. The highest BCUT2D eigenvalue weighted by Crippen LogP contribution is 2.78. The van der Waals surface area contributed by atoms with E-state index in [2.05, 4.69) is 23.8 Å². The average molecular weight is 523 g/mol. The largest absolute Gasteiger partial charge is 0.477 e. The number of nitrogens with zero attached hydrogens (tertiary/aromatic N) is 4. The number of nitrogens with two attached hydrogens (primary N) is 1. The standard InChI is InChI=1S/C10H16N5O12P3S/c11-8-5-9(13-2-12-8)15(3-14-5)10-7(17)6(16)4(26-10)1-25-29(21,22)31-30(23,24)27-28(18,19)20/h2-4,6-7,10,16-17H,1H2,(H,21,22)(H,23,24)(H2,11,12,13)(H2,18,19,20)/t4-,6?,7?,10-/m1/s1. The summed E-state index contributed by atoms with van der Waals surface area (Å²) in [5.74, 6) is 0.0564. The third-order valence-electron chi connectivity index (χ3n) is 3.82. The molecule has 0 amide bonds. The van der Waals surface area contributed by atoms with Gasteiger partial charge < -0.3 is 40.3 Å². The number of hydrogen-bond donors (Lipinski definition) is 7. The molecule has 1 aliphatic heterocycles. The summed E-state index contributed by atoms with van der Waals surface area (Å²) in [4.78, 5) is 47.8. The monoisotopic (exact) mass is 523 g/mol. The van der Waals surface area contributed by atoms with E-state index in [1.165, 1.54) is 10.9 Å². The molecule has 8 N–H and O–H groups in total. The second-order valence-corrected chi connectivity index (χ2v) is 14.7. The number of aliphatic hydroxyl groups excluding tert-OH is 2. The van der Waals surface area contributed by atoms with Crippen molar-refractivity contribution in [3.05, 3.63) is 12.7 Å². The van der Waals surface area contributed by atoms with Gasteiger partial charge in [0.25, 0.3) is 0 Å². The van der Waals surface area contributed by atoms with Crippen LogP contribution in [0, 0.1) is 0 Å². The molecule has 0 saturated carbocycles. The number of aliphatic hydroxyl groups is 2. The van der Waals surface area contributed by atoms with E-state index in [4.69, 9.17) is 20.3 Å². The van der Waals surface area contributed by atoms with Crippen LogP contribution in [0.1, 0.15) is 6.23 Å². The van der Waals surface area contributed by atoms with Gasteiger partial charge in [0.1, 0.15) is 30.2 Å². The predicted octanol–water partition coefficient (Wildman–Crippen LogP) is -0.912. The fourth-order valence-electron chi connectivity index (χ4n) is 2.62. The van der Waals surface area contributed by atoms with Crippen molar-refractivity contribution in [3.63, 3.8) is 0 Å². The summed E-state index contributed by atoms with van der Waals surface area (Å²) in [5.41, 5.74) is 6.05. The molecule has 0 aromatic carbocycles. The molecule has 3 rings (SSSR count). The Bertz CT molecular complexity index is 1110. The lowest BCUT2D eigenvalue weighted by atomic mass is 10.1. The van der Waals surface area contributed by atoms with Crippen molar-refractivity contribution in [2.45, 2.75) is 24.5 Å². The zero-order valence-electron chi connectivity index (χ0n) is 14.9. The van der Waals surface area contributed by atoms with Crippen molar-refractivity contribution in [1.29, 1.82) is 0 Å². The molecule has 174 valence electrons. The third-order valence-corrected chi connectivity index (χ3v) is 12.2. The Morgan fingerprint density at radius 1 is 1.10 bits per heavy atom. The van der Waals surface area contributed by atoms with Crippen LogP contribution in [0.3, 0.4) is 0 Å². The van der Waals surface area contributed by atoms with E-state index < -0.39 is 63.6 Å². The number of anilines is 1. The van der Waals surface area contributed by atoms with Gasteiger partial charge in [0.2, 0.25) is 0 Å². The molecule has 1 fully saturated rings. The quantitative estimate of drug-likeness (QED) is 0.206. The lowest BCUT2D eigenvalue weighted by molar-refractivity contribution is -0.0478. The maximum absolute atomic E-state index is 12.0. The van der Waals surface area contributed by atoms with Gasteiger partial charge in [-0.2, -0.15) is 4.31 Å². The summed E-state index contributed by atoms with van der Waals surface area (Å²) in [6, 6.07) is 0. The van der Waals surface area contributed by atoms with Gasteiger partial charge in [0, 0.05) is 0 Å². The Kier molecular flexibility index (Phi) is 6.97. The second-order valence-electron chi connectivity index (χ2n) is 6.02. The average Bonchev–Trinajstić information content (AvgIpc) is 3.13. The molecule has 21 heteroatoms. The minimum Gasteiger partial charge on any atom is -0.387 e. The summed E-state index contributed by atoms with van der Waals surface area (Å²) >= 11 is -0.742. The van der Waals surface area contributed by atoms with Crippen molar-refractivity contribution >= 4 is 49.4 Å². The molecule has 31 heavy (non-hydrogen) atoms. The van der Waals surface area contributed by atoms with Crippen LogP contribution in [0.4, 0.5) is 5.82 Å². The third kappa shape index (κ3) is 5.89. The normalized spacial score (nSPS) is 28.5. The van der Waals surface area contributed by atoms with E-state index >= 15 is 0 Å². The molecular formula is C10H16N5O12P3S. The van der Waals surface area contributed by atoms with Gasteiger partial charge in [-0.3, -0.25) is 9.09 Å². The first-order valence-electron chi connectivity index (χ1n) is 7.92. The Balaban J connectivity index is 1.69. The maximum atomic E-state index is 12.0. The maximum Gasteiger partial charge on any atom is 0.477 e. The second kappa shape index (κ2) is 8.76. The minimum absolute atomic E-state index is 0.0564. The molecule has 0 bridgehead atoms. The van der Waals surface area contributed by atoms with Gasteiger partial charge in [-0.25, -0.2) is 28.6 Å². The first kappa shape index (κ1) is 24.7. The first-order valence-corrected chi connectivity index (χ1v) is 14.6. The van der Waals surface area contributed by atoms with Gasteiger partial charge >= 0.3 is 21.4 Å². The van der Waals surface area contributed by atoms with E-state index in [1.807, 2.05) is 0 Å². The molecule has 2 aromatic heterocycles. The van der Waals surface area contributed by atoms with E-state index in [0.717, 1.165) is 6.33 Å². The van der Waals surface area contributed by atoms with Gasteiger partial charge in [0.05, 0.1) is 23.9 Å². The van der Waals surface area contributed by atoms with E-state index in [-0.39, 0.29) is 17.0 Å². The van der Waals surface area contributed by atoms with Gasteiger partial charge in [-0.1, -0.05) is 0 Å². The fourth-order valence-corrected chi connectivity index (χ4v) is 10.2. The first-order chi connectivity index (χ1) is 14.2. The Hall–Kier alpha value is -0.970. The Labute approximate surface area is 176 Å². The highest BCUT2D eigenvalue weighted by Gasteiger charge is 2.46. The highest BCUT2D eigenvalue weighted by atomic mass is 33.1. The number of fused-ring (bicyclic) bond motifs is 1. The van der Waals surface area contributed by atoms with Crippen LogP contribution in [-0.4, -0.2) is 74.2 Å². The zero-order valence-corrected chi connectivity index (χ0v) is 18.4. The van der Waals surface area contributed by atoms with Crippen molar-refractivity contribution in [3.8, 4) is 0 Å². The minimum atomic E-state index is -5.44. The molecule has 1 saturated heterocycles. The number of aromatic nitrogens is 4. The van der Waals surface area contributed by atoms with Crippen LogP contribution in [-0.2, 0) is 27.3 Å². The van der Waals surface area contributed by atoms with Crippen LogP contribution >= 0.6 is 32.4 Å². The number of phosphoric acid groups is 1. The highest BCUT2D eigenvalue weighted by molar-refractivity contribution is 8.84. The lowest BCUT2D eigenvalue weighted by Crippen LogP contribution is -2.33. The summed E-state index contributed by atoms with van der Waals surface area (Å²) in [6.45, 7) is -11.2. The fraction of sp³-hybridized carbons (Fsp3) is 0.500. The van der Waals surface area contributed by atoms with Crippen LogP contribution in [0.5, 0.6) is 0 Å². The molecule has 2 aromatic rings. The number of hydrogen-bond acceptors (Lipinski definition) is 13. The summed E-state index contributed by atoms with van der Waals surface area (Å²) in [6.07, 6.45) is -3.48. The molecule has 0 aliphatic carbocycles. The van der Waals surface area contributed by atoms with E-state index in [0.29, 0.717) is 0 Å². The van der Waals surface area contributed by atoms with Gasteiger partial charge in [0.15, 0.2) is 17.7 Å². The van der Waals surface area contributed by atoms with E-state index in [1.54, 1.807) is 0 Å².